The van der Waals surface area contributed by atoms with Gasteiger partial charge in [0.15, 0.2) is 0 Å². The molecule has 0 saturated heterocycles. The molecule has 24 heavy (non-hydrogen) atoms. The maximum Gasteiger partial charge on any atom is 0.319 e. The molecule has 2 rings (SSSR count). The summed E-state index contributed by atoms with van der Waals surface area (Å²) in [6.07, 6.45) is 0. The number of amides is 3. The van der Waals surface area contributed by atoms with Gasteiger partial charge in [0.2, 0.25) is 11.5 Å². The number of carbonyl (C=O) groups is 2. The molecule has 0 aliphatic carbocycles. The summed E-state index contributed by atoms with van der Waals surface area (Å²) < 4.78 is 9.51. The van der Waals surface area contributed by atoms with Crippen LogP contribution in [0.25, 0.3) is 0 Å². The van der Waals surface area contributed by atoms with Gasteiger partial charge in [-0.05, 0) is 34.9 Å². The smallest absolute Gasteiger partial charge is 0.319 e. The van der Waals surface area contributed by atoms with Gasteiger partial charge in [0, 0.05) is 13.1 Å². The predicted octanol–water partition coefficient (Wildman–Crippen LogP) is 0.520. The maximum absolute atomic E-state index is 11.9. The first-order valence-electron chi connectivity index (χ1n) is 7.07. The fraction of sp³-hybridized carbons (Fsp3) is 0.286. The fourth-order valence-corrected chi connectivity index (χ4v) is 1.87. The van der Waals surface area contributed by atoms with E-state index in [0.29, 0.717) is 11.4 Å². The number of nitrogen functional groups attached to an aromatic ring is 1. The lowest BCUT2D eigenvalue weighted by Crippen LogP contribution is -2.37. The van der Waals surface area contributed by atoms with E-state index in [-0.39, 0.29) is 24.6 Å². The molecule has 1 aromatic carbocycles. The van der Waals surface area contributed by atoms with Crippen molar-refractivity contribution in [3.63, 3.8) is 0 Å². The van der Waals surface area contributed by atoms with Crippen LogP contribution in [0.4, 0.5) is 16.3 Å². The molecule has 2 aromatic rings. The van der Waals surface area contributed by atoms with Gasteiger partial charge in [-0.1, -0.05) is 6.07 Å². The number of hydrogen-bond acceptors (Lipinski definition) is 7. The van der Waals surface area contributed by atoms with Crippen LogP contribution in [-0.4, -0.2) is 42.5 Å². The summed E-state index contributed by atoms with van der Waals surface area (Å²) in [6.45, 7) is 2.29. The van der Waals surface area contributed by atoms with Crippen LogP contribution >= 0.6 is 0 Å². The number of hydrogen-bond donors (Lipinski definition) is 4. The molecular weight excluding hydrogens is 316 g/mol. The second kappa shape index (κ2) is 7.81. The number of methoxy groups -OCH3 is 1. The molecular formula is C14H18N6O4. The topological polar surface area (TPSA) is 144 Å². The van der Waals surface area contributed by atoms with Crippen molar-refractivity contribution in [1.82, 2.24) is 20.9 Å². The minimum Gasteiger partial charge on any atom is -0.495 e. The zero-order valence-electron chi connectivity index (χ0n) is 13.3. The number of benzene rings is 1. The molecule has 10 heteroatoms. The highest BCUT2D eigenvalue weighted by molar-refractivity contribution is 5.96. The van der Waals surface area contributed by atoms with Gasteiger partial charge in [-0.2, -0.15) is 0 Å². The predicted molar refractivity (Wildman–Crippen MR) is 85.8 cm³/mol. The van der Waals surface area contributed by atoms with Gasteiger partial charge in [0.05, 0.1) is 12.8 Å². The van der Waals surface area contributed by atoms with E-state index in [0.717, 1.165) is 5.56 Å². The molecule has 10 nitrogen and oxygen atoms in total. The van der Waals surface area contributed by atoms with Crippen LogP contribution in [0, 0.1) is 6.92 Å². The molecule has 128 valence electrons. The van der Waals surface area contributed by atoms with E-state index < -0.39 is 11.9 Å². The zero-order valence-corrected chi connectivity index (χ0v) is 13.3. The van der Waals surface area contributed by atoms with E-state index in [2.05, 4.69) is 30.9 Å². The Balaban J connectivity index is 1.77. The molecule has 1 aromatic heterocycles. The normalized spacial score (nSPS) is 10.1. The van der Waals surface area contributed by atoms with E-state index in [4.69, 9.17) is 10.5 Å². The van der Waals surface area contributed by atoms with E-state index in [1.165, 1.54) is 7.11 Å². The highest BCUT2D eigenvalue weighted by Gasteiger charge is 2.15. The van der Waals surface area contributed by atoms with Crippen molar-refractivity contribution in [3.8, 4) is 5.75 Å². The largest absolute Gasteiger partial charge is 0.495 e. The minimum absolute atomic E-state index is 0.0928. The van der Waals surface area contributed by atoms with Crippen molar-refractivity contribution in [2.45, 2.75) is 6.92 Å². The number of urea groups is 1. The number of carbonyl (C=O) groups excluding carboxylic acids is 2. The molecule has 0 radical (unpaired) electrons. The van der Waals surface area contributed by atoms with Crippen LogP contribution < -0.4 is 26.4 Å². The Bertz CT molecular complexity index is 730. The molecule has 0 bridgehead atoms. The van der Waals surface area contributed by atoms with Gasteiger partial charge in [-0.3, -0.25) is 4.79 Å². The molecule has 3 amide bonds. The lowest BCUT2D eigenvalue weighted by molar-refractivity contribution is 0.0944. The summed E-state index contributed by atoms with van der Waals surface area (Å²) in [4.78, 5) is 23.6. The molecule has 1 heterocycles. The van der Waals surface area contributed by atoms with Crippen molar-refractivity contribution in [2.24, 2.45) is 0 Å². The Hall–Kier alpha value is -3.30. The molecule has 0 saturated carbocycles. The summed E-state index contributed by atoms with van der Waals surface area (Å²) in [6, 6.07) is 5.01. The lowest BCUT2D eigenvalue weighted by atomic mass is 10.2. The van der Waals surface area contributed by atoms with Gasteiger partial charge in [-0.25, -0.2) is 9.42 Å². The van der Waals surface area contributed by atoms with Crippen LogP contribution in [0.3, 0.4) is 0 Å². The lowest BCUT2D eigenvalue weighted by Gasteiger charge is -2.12. The first-order valence-corrected chi connectivity index (χ1v) is 7.07. The van der Waals surface area contributed by atoms with Crippen LogP contribution in [-0.2, 0) is 0 Å². The summed E-state index contributed by atoms with van der Waals surface area (Å²) in [5.41, 5.74) is 6.85. The Kier molecular flexibility index (Phi) is 5.55. The zero-order chi connectivity index (χ0) is 17.5. The first-order chi connectivity index (χ1) is 11.5. The van der Waals surface area contributed by atoms with Crippen molar-refractivity contribution in [1.29, 1.82) is 0 Å². The number of rotatable bonds is 6. The molecule has 0 aliphatic rings. The van der Waals surface area contributed by atoms with Crippen LogP contribution in [0.1, 0.15) is 16.1 Å². The van der Waals surface area contributed by atoms with Gasteiger partial charge < -0.3 is 26.4 Å². The number of aromatic nitrogens is 2. The number of nitrogens with one attached hydrogen (secondary N) is 3. The Labute approximate surface area is 137 Å². The first kappa shape index (κ1) is 17.1. The average Bonchev–Trinajstić information content (AvgIpc) is 2.98. The van der Waals surface area contributed by atoms with Gasteiger partial charge >= 0.3 is 6.03 Å². The summed E-state index contributed by atoms with van der Waals surface area (Å²) in [5.74, 6) is -0.0703. The standard InChI is InChI=1S/C14H18N6O4/c1-8-3-4-10(23-2)9(7-8)18-14(22)17-6-5-16-13(21)11-12(15)20-24-19-11/h3-4,7H,5-6H2,1-2H3,(H2,15,20)(H,16,21)(H2,17,18,22). The van der Waals surface area contributed by atoms with Crippen LogP contribution in [0.5, 0.6) is 5.75 Å². The number of aryl methyl sites for hydroxylation is 1. The summed E-state index contributed by atoms with van der Waals surface area (Å²) in [5, 5.41) is 14.5. The van der Waals surface area contributed by atoms with Crippen molar-refractivity contribution in [2.75, 3.05) is 31.2 Å². The van der Waals surface area contributed by atoms with Crippen molar-refractivity contribution >= 4 is 23.4 Å². The SMILES string of the molecule is COc1ccc(C)cc1NC(=O)NCCNC(=O)c1nonc1N. The summed E-state index contributed by atoms with van der Waals surface area (Å²) >= 11 is 0. The van der Waals surface area contributed by atoms with Gasteiger partial charge in [0.1, 0.15) is 5.75 Å². The summed E-state index contributed by atoms with van der Waals surface area (Å²) in [7, 11) is 1.52. The van der Waals surface area contributed by atoms with E-state index in [1.807, 2.05) is 13.0 Å². The van der Waals surface area contributed by atoms with Crippen molar-refractivity contribution in [3.05, 3.63) is 29.5 Å². The third-order valence-electron chi connectivity index (χ3n) is 3.03. The van der Waals surface area contributed by atoms with Crippen LogP contribution in [0.15, 0.2) is 22.8 Å². The van der Waals surface area contributed by atoms with Crippen molar-refractivity contribution < 1.29 is 19.0 Å². The monoisotopic (exact) mass is 334 g/mol. The van der Waals surface area contributed by atoms with Gasteiger partial charge in [-0.15, -0.1) is 0 Å². The molecule has 0 fully saturated rings. The third kappa shape index (κ3) is 4.35. The Morgan fingerprint density at radius 3 is 2.67 bits per heavy atom. The highest BCUT2D eigenvalue weighted by atomic mass is 16.6. The molecule has 0 unspecified atom stereocenters. The minimum atomic E-state index is -0.531. The molecule has 0 atom stereocenters. The average molecular weight is 334 g/mol. The van der Waals surface area contributed by atoms with Crippen LogP contribution in [0.2, 0.25) is 0 Å². The second-order valence-electron chi connectivity index (χ2n) is 4.84. The Morgan fingerprint density at radius 2 is 2.00 bits per heavy atom. The molecule has 0 aliphatic heterocycles. The highest BCUT2D eigenvalue weighted by Crippen LogP contribution is 2.24. The number of ether oxygens (including phenoxy) is 1. The fourth-order valence-electron chi connectivity index (χ4n) is 1.87. The Morgan fingerprint density at radius 1 is 1.25 bits per heavy atom. The van der Waals surface area contributed by atoms with E-state index in [9.17, 15) is 9.59 Å². The van der Waals surface area contributed by atoms with E-state index >= 15 is 0 Å². The quantitative estimate of drug-likeness (QED) is 0.564. The second-order valence-corrected chi connectivity index (χ2v) is 4.84. The third-order valence-corrected chi connectivity index (χ3v) is 3.03. The van der Waals surface area contributed by atoms with Gasteiger partial charge in [0.25, 0.3) is 5.91 Å². The molecule has 0 spiro atoms. The number of nitrogens with two attached hydrogens (primary N) is 1. The number of nitrogens with zero attached hydrogens (tertiary/aromatic N) is 2. The number of anilines is 2. The maximum atomic E-state index is 11.9. The van der Waals surface area contributed by atoms with E-state index in [1.54, 1.807) is 12.1 Å². The molecule has 5 N–H and O–H groups in total.